The van der Waals surface area contributed by atoms with Crippen molar-refractivity contribution in [1.29, 1.82) is 0 Å². The van der Waals surface area contributed by atoms with Crippen LogP contribution in [0.5, 0.6) is 0 Å². The minimum absolute atomic E-state index is 0.128. The van der Waals surface area contributed by atoms with Gasteiger partial charge in [-0.15, -0.1) is 0 Å². The Bertz CT molecular complexity index is 334. The summed E-state index contributed by atoms with van der Waals surface area (Å²) in [7, 11) is -2.68. The minimum atomic E-state index is -2.68. The van der Waals surface area contributed by atoms with Gasteiger partial charge in [0.2, 0.25) is 16.8 Å². The van der Waals surface area contributed by atoms with E-state index in [-0.39, 0.29) is 5.95 Å². The predicted molar refractivity (Wildman–Crippen MR) is 45.4 cm³/mol. The van der Waals surface area contributed by atoms with Crippen LogP contribution in [0.1, 0.15) is 11.4 Å². The third kappa shape index (κ3) is 2.46. The molecule has 5 nitrogen and oxygen atoms in total. The van der Waals surface area contributed by atoms with Crippen LogP contribution >= 0.6 is 0 Å². The molecule has 1 aromatic heterocycles. The highest BCUT2D eigenvalue weighted by atomic mass is 32.2. The van der Waals surface area contributed by atoms with Gasteiger partial charge in [0.25, 0.3) is 0 Å². The van der Waals surface area contributed by atoms with Crippen LogP contribution in [-0.4, -0.2) is 18.4 Å². The zero-order valence-corrected chi connectivity index (χ0v) is 7.63. The molecule has 0 bridgehead atoms. The summed E-state index contributed by atoms with van der Waals surface area (Å²) in [6.07, 6.45) is 0. The van der Waals surface area contributed by atoms with Crippen LogP contribution in [0.25, 0.3) is 0 Å². The number of hydrogen-bond acceptors (Lipinski definition) is 4. The van der Waals surface area contributed by atoms with E-state index < -0.39 is 10.9 Å². The lowest BCUT2D eigenvalue weighted by molar-refractivity contribution is 0.618. The average Bonchev–Trinajstić information content (AvgIpc) is 1.81. The Balaban J connectivity index is 3.00. The molecular weight excluding hydrogens is 178 g/mol. The van der Waals surface area contributed by atoms with Crippen molar-refractivity contribution in [2.75, 3.05) is 4.72 Å². The summed E-state index contributed by atoms with van der Waals surface area (Å²) in [4.78, 5) is 7.74. The SMILES string of the molecule is Cc1cc(C)nc(N[SH](=O)=O)n1. The van der Waals surface area contributed by atoms with Gasteiger partial charge in [-0.2, -0.15) is 0 Å². The second-order valence-electron chi connectivity index (χ2n) is 2.34. The van der Waals surface area contributed by atoms with Crippen molar-refractivity contribution in [2.45, 2.75) is 13.8 Å². The molecule has 0 atom stereocenters. The molecule has 0 aromatic carbocycles. The lowest BCUT2D eigenvalue weighted by atomic mass is 10.4. The third-order valence-corrected chi connectivity index (χ3v) is 1.56. The van der Waals surface area contributed by atoms with E-state index in [4.69, 9.17) is 0 Å². The van der Waals surface area contributed by atoms with E-state index in [1.807, 2.05) is 0 Å². The molecule has 1 heterocycles. The number of aryl methyl sites for hydroxylation is 2. The third-order valence-electron chi connectivity index (χ3n) is 1.17. The Morgan fingerprint density at radius 1 is 1.25 bits per heavy atom. The molecule has 0 saturated carbocycles. The van der Waals surface area contributed by atoms with Crippen LogP contribution in [0.2, 0.25) is 0 Å². The number of aromatic nitrogens is 2. The van der Waals surface area contributed by atoms with Crippen molar-refractivity contribution >= 4 is 16.8 Å². The second-order valence-corrected chi connectivity index (χ2v) is 3.08. The van der Waals surface area contributed by atoms with Gasteiger partial charge in [-0.1, -0.05) is 0 Å². The Morgan fingerprint density at radius 2 is 1.75 bits per heavy atom. The van der Waals surface area contributed by atoms with E-state index in [2.05, 4.69) is 14.7 Å². The topological polar surface area (TPSA) is 72.0 Å². The summed E-state index contributed by atoms with van der Waals surface area (Å²) in [5.41, 5.74) is 1.48. The van der Waals surface area contributed by atoms with Gasteiger partial charge in [0.15, 0.2) is 0 Å². The van der Waals surface area contributed by atoms with E-state index in [1.54, 1.807) is 19.9 Å². The van der Waals surface area contributed by atoms with Crippen LogP contribution in [0.15, 0.2) is 6.07 Å². The van der Waals surface area contributed by atoms with Gasteiger partial charge in [0.05, 0.1) is 0 Å². The quantitative estimate of drug-likeness (QED) is 0.641. The van der Waals surface area contributed by atoms with E-state index in [0.29, 0.717) is 0 Å². The highest BCUT2D eigenvalue weighted by molar-refractivity contribution is 7.73. The Morgan fingerprint density at radius 3 is 2.17 bits per heavy atom. The molecule has 0 spiro atoms. The number of anilines is 1. The van der Waals surface area contributed by atoms with Gasteiger partial charge in [0.1, 0.15) is 0 Å². The molecule has 0 saturated heterocycles. The molecule has 0 fully saturated rings. The fourth-order valence-corrected chi connectivity index (χ4v) is 1.12. The molecule has 66 valence electrons. The molecular formula is C6H9N3O2S. The molecule has 1 N–H and O–H groups in total. The first-order chi connectivity index (χ1) is 5.58. The maximum absolute atomic E-state index is 10.2. The largest absolute Gasteiger partial charge is 0.253 e. The Labute approximate surface area is 71.9 Å². The van der Waals surface area contributed by atoms with Crippen LogP contribution in [0, 0.1) is 13.8 Å². The monoisotopic (exact) mass is 187 g/mol. The van der Waals surface area contributed by atoms with Crippen molar-refractivity contribution in [2.24, 2.45) is 0 Å². The molecule has 0 amide bonds. The van der Waals surface area contributed by atoms with E-state index in [0.717, 1.165) is 11.4 Å². The number of nitrogens with one attached hydrogen (secondary N) is 1. The molecule has 1 aromatic rings. The van der Waals surface area contributed by atoms with Crippen molar-refractivity contribution in [3.8, 4) is 0 Å². The van der Waals surface area contributed by atoms with Crippen LogP contribution in [-0.2, 0) is 10.9 Å². The van der Waals surface area contributed by atoms with Crippen LogP contribution < -0.4 is 4.72 Å². The average molecular weight is 187 g/mol. The standard InChI is InChI=1S/C6H9N3O2S/c1-4-3-5(2)8-6(7-4)9-12(10)11/h3,12H,1-2H3,(H,7,8,9,10,11). The highest BCUT2D eigenvalue weighted by Gasteiger charge is 1.97. The van der Waals surface area contributed by atoms with Crippen molar-refractivity contribution in [3.05, 3.63) is 17.5 Å². The van der Waals surface area contributed by atoms with Gasteiger partial charge in [0, 0.05) is 11.4 Å². The lowest BCUT2D eigenvalue weighted by Gasteiger charge is -1.99. The summed E-state index contributed by atoms with van der Waals surface area (Å²) in [5.74, 6) is 0.128. The molecule has 1 rings (SSSR count). The molecule has 0 aliphatic heterocycles. The Hall–Kier alpha value is -1.17. The molecule has 0 unspecified atom stereocenters. The van der Waals surface area contributed by atoms with Gasteiger partial charge in [-0.25, -0.2) is 18.4 Å². The number of nitrogens with zero attached hydrogens (tertiary/aromatic N) is 2. The zero-order chi connectivity index (χ0) is 9.14. The summed E-state index contributed by atoms with van der Waals surface area (Å²) in [6, 6.07) is 1.77. The summed E-state index contributed by atoms with van der Waals surface area (Å²) in [6.45, 7) is 3.55. The minimum Gasteiger partial charge on any atom is -0.253 e. The maximum atomic E-state index is 10.2. The van der Waals surface area contributed by atoms with Gasteiger partial charge >= 0.3 is 0 Å². The van der Waals surface area contributed by atoms with E-state index >= 15 is 0 Å². The summed E-state index contributed by atoms with van der Waals surface area (Å²) < 4.78 is 22.6. The first kappa shape index (κ1) is 8.92. The number of hydrogen-bond donors (Lipinski definition) is 2. The first-order valence-electron chi connectivity index (χ1n) is 3.31. The number of thiol groups is 1. The molecule has 6 heteroatoms. The van der Waals surface area contributed by atoms with E-state index in [1.165, 1.54) is 0 Å². The van der Waals surface area contributed by atoms with Crippen molar-refractivity contribution < 1.29 is 8.42 Å². The van der Waals surface area contributed by atoms with Crippen LogP contribution in [0.3, 0.4) is 0 Å². The van der Waals surface area contributed by atoms with Gasteiger partial charge < -0.3 is 0 Å². The van der Waals surface area contributed by atoms with E-state index in [9.17, 15) is 8.42 Å². The summed E-state index contributed by atoms with van der Waals surface area (Å²) >= 11 is 0. The molecule has 0 aliphatic rings. The molecule has 0 radical (unpaired) electrons. The van der Waals surface area contributed by atoms with Gasteiger partial charge in [-0.3, -0.25) is 4.72 Å². The number of rotatable bonds is 2. The first-order valence-corrected chi connectivity index (χ1v) is 4.49. The molecule has 0 aliphatic carbocycles. The fraction of sp³-hybridized carbons (Fsp3) is 0.333. The maximum Gasteiger partial charge on any atom is 0.236 e. The van der Waals surface area contributed by atoms with Crippen molar-refractivity contribution in [3.63, 3.8) is 0 Å². The zero-order valence-electron chi connectivity index (χ0n) is 6.74. The highest BCUT2D eigenvalue weighted by Crippen LogP contribution is 2.02. The smallest absolute Gasteiger partial charge is 0.236 e. The summed E-state index contributed by atoms with van der Waals surface area (Å²) in [5, 5.41) is 0. The molecule has 12 heavy (non-hydrogen) atoms. The lowest BCUT2D eigenvalue weighted by Crippen LogP contribution is -2.02. The predicted octanol–water partition coefficient (Wildman–Crippen LogP) is 0.0317. The normalized spacial score (nSPS) is 10.2. The van der Waals surface area contributed by atoms with Crippen LogP contribution in [0.4, 0.5) is 5.95 Å². The second kappa shape index (κ2) is 3.48. The van der Waals surface area contributed by atoms with Crippen molar-refractivity contribution in [1.82, 2.24) is 9.97 Å². The Kier molecular flexibility index (Phi) is 2.59. The van der Waals surface area contributed by atoms with Gasteiger partial charge in [-0.05, 0) is 19.9 Å². The fourth-order valence-electron chi connectivity index (χ4n) is 0.858.